The average Bonchev–Trinajstić information content (AvgIpc) is 2.77. The molecule has 82 valence electrons. The fraction of sp³-hybridized carbons (Fsp3) is 0.500. The molecule has 2 N–H and O–H groups in total. The molecule has 1 aliphatic rings. The highest BCUT2D eigenvalue weighted by atomic mass is 32.1. The van der Waals surface area contributed by atoms with Gasteiger partial charge in [0.05, 0.1) is 23.6 Å². The highest BCUT2D eigenvalue weighted by Crippen LogP contribution is 2.13. The number of aliphatic hydroxyl groups excluding tert-OH is 2. The van der Waals surface area contributed by atoms with Gasteiger partial charge in [0, 0.05) is 13.1 Å². The van der Waals surface area contributed by atoms with Gasteiger partial charge in [-0.25, -0.2) is 0 Å². The van der Waals surface area contributed by atoms with E-state index in [9.17, 15) is 15.0 Å². The van der Waals surface area contributed by atoms with Crippen LogP contribution in [0.1, 0.15) is 9.67 Å². The predicted octanol–water partition coefficient (Wildman–Crippen LogP) is -0.0318. The number of nitrogens with zero attached hydrogens (tertiary/aromatic N) is 1. The number of β-amino-alcohol motifs (C(OH)–C–C–N with tert-alkyl or cyclic N) is 2. The first-order valence-electron chi connectivity index (χ1n) is 4.82. The molecule has 1 fully saturated rings. The molecule has 0 amide bonds. The van der Waals surface area contributed by atoms with Gasteiger partial charge >= 0.3 is 0 Å². The lowest BCUT2D eigenvalue weighted by Gasteiger charge is -2.12. The van der Waals surface area contributed by atoms with Gasteiger partial charge in [-0.05, 0) is 11.4 Å². The Hall–Kier alpha value is -0.750. The predicted molar refractivity (Wildman–Crippen MR) is 57.1 cm³/mol. The van der Waals surface area contributed by atoms with Crippen molar-refractivity contribution < 1.29 is 15.0 Å². The van der Waals surface area contributed by atoms with E-state index in [1.807, 2.05) is 11.4 Å². The van der Waals surface area contributed by atoms with Crippen molar-refractivity contribution in [2.75, 3.05) is 19.6 Å². The summed E-state index contributed by atoms with van der Waals surface area (Å²) in [5, 5.41) is 20.5. The van der Waals surface area contributed by atoms with E-state index in [2.05, 4.69) is 0 Å². The van der Waals surface area contributed by atoms with E-state index >= 15 is 0 Å². The van der Waals surface area contributed by atoms with Crippen LogP contribution < -0.4 is 0 Å². The summed E-state index contributed by atoms with van der Waals surface area (Å²) in [6, 6.07) is 3.63. The Kier molecular flexibility index (Phi) is 3.16. The van der Waals surface area contributed by atoms with Crippen molar-refractivity contribution in [2.45, 2.75) is 12.2 Å². The summed E-state index contributed by atoms with van der Waals surface area (Å²) in [6.45, 7) is 1.02. The minimum absolute atomic E-state index is 0.0475. The Morgan fingerprint density at radius 1 is 1.47 bits per heavy atom. The maximum absolute atomic E-state index is 11.7. The first-order valence-corrected chi connectivity index (χ1v) is 5.70. The smallest absolute Gasteiger partial charge is 0.186 e. The number of Topliss-reactive ketones (excluding diaryl/α,β-unsaturated/α-hetero) is 1. The SMILES string of the molecule is O=C(CN1CC(O)C(O)C1)c1cccs1. The third kappa shape index (κ3) is 2.43. The Labute approximate surface area is 91.8 Å². The van der Waals surface area contributed by atoms with Crippen molar-refractivity contribution in [1.82, 2.24) is 4.90 Å². The topological polar surface area (TPSA) is 60.8 Å². The van der Waals surface area contributed by atoms with Gasteiger partial charge < -0.3 is 10.2 Å². The van der Waals surface area contributed by atoms with Crippen molar-refractivity contribution in [1.29, 1.82) is 0 Å². The van der Waals surface area contributed by atoms with Gasteiger partial charge in [0.25, 0.3) is 0 Å². The van der Waals surface area contributed by atoms with Crippen LogP contribution in [-0.2, 0) is 0 Å². The average molecular weight is 227 g/mol. The fourth-order valence-electron chi connectivity index (χ4n) is 1.69. The third-order valence-electron chi connectivity index (χ3n) is 2.50. The second kappa shape index (κ2) is 4.40. The number of hydrogen-bond acceptors (Lipinski definition) is 5. The minimum Gasteiger partial charge on any atom is -0.389 e. The van der Waals surface area contributed by atoms with Crippen molar-refractivity contribution >= 4 is 17.1 Å². The molecule has 1 saturated heterocycles. The van der Waals surface area contributed by atoms with E-state index in [4.69, 9.17) is 0 Å². The molecule has 5 heteroatoms. The van der Waals surface area contributed by atoms with Gasteiger partial charge in [0.15, 0.2) is 5.78 Å². The zero-order valence-corrected chi connectivity index (χ0v) is 8.98. The molecule has 2 heterocycles. The van der Waals surface area contributed by atoms with Gasteiger partial charge in [-0.1, -0.05) is 6.07 Å². The zero-order chi connectivity index (χ0) is 10.8. The van der Waals surface area contributed by atoms with Gasteiger partial charge in [0.2, 0.25) is 0 Å². The van der Waals surface area contributed by atoms with Crippen LogP contribution in [0.15, 0.2) is 17.5 Å². The van der Waals surface area contributed by atoms with E-state index in [1.165, 1.54) is 11.3 Å². The van der Waals surface area contributed by atoms with Crippen molar-refractivity contribution in [3.8, 4) is 0 Å². The van der Waals surface area contributed by atoms with E-state index in [-0.39, 0.29) is 12.3 Å². The first-order chi connectivity index (χ1) is 7.16. The lowest BCUT2D eigenvalue weighted by molar-refractivity contribution is 0.0572. The third-order valence-corrected chi connectivity index (χ3v) is 3.41. The molecule has 2 atom stereocenters. The number of hydrogen-bond donors (Lipinski definition) is 2. The number of likely N-dealkylation sites (tertiary alicyclic amines) is 1. The highest BCUT2D eigenvalue weighted by Gasteiger charge is 2.30. The molecule has 0 saturated carbocycles. The molecule has 2 rings (SSSR count). The van der Waals surface area contributed by atoms with Crippen LogP contribution in [-0.4, -0.2) is 52.7 Å². The number of thiophene rings is 1. The quantitative estimate of drug-likeness (QED) is 0.712. The molecule has 1 aromatic rings. The number of ketones is 1. The van der Waals surface area contributed by atoms with Gasteiger partial charge in [-0.15, -0.1) is 11.3 Å². The number of aliphatic hydroxyl groups is 2. The lowest BCUT2D eigenvalue weighted by Crippen LogP contribution is -2.28. The summed E-state index contributed by atoms with van der Waals surface area (Å²) in [4.78, 5) is 14.2. The van der Waals surface area contributed by atoms with E-state index < -0.39 is 12.2 Å². The van der Waals surface area contributed by atoms with Crippen LogP contribution in [0.2, 0.25) is 0 Å². The summed E-state index contributed by atoms with van der Waals surface area (Å²) < 4.78 is 0. The largest absolute Gasteiger partial charge is 0.389 e. The molecule has 1 aliphatic heterocycles. The molecule has 0 radical (unpaired) electrons. The van der Waals surface area contributed by atoms with Crippen LogP contribution >= 0.6 is 11.3 Å². The number of carbonyl (C=O) groups excluding carboxylic acids is 1. The van der Waals surface area contributed by atoms with E-state index in [0.717, 1.165) is 4.88 Å². The number of carbonyl (C=O) groups is 1. The van der Waals surface area contributed by atoms with Gasteiger partial charge in [0.1, 0.15) is 0 Å². The van der Waals surface area contributed by atoms with Gasteiger partial charge in [-0.2, -0.15) is 0 Å². The maximum atomic E-state index is 11.7. The molecule has 0 aliphatic carbocycles. The summed E-state index contributed by atoms with van der Waals surface area (Å²) in [6.07, 6.45) is -1.44. The Morgan fingerprint density at radius 2 is 2.13 bits per heavy atom. The summed E-state index contributed by atoms with van der Waals surface area (Å²) >= 11 is 1.41. The normalized spacial score (nSPS) is 27.1. The summed E-state index contributed by atoms with van der Waals surface area (Å²) in [5.74, 6) is 0.0475. The summed E-state index contributed by atoms with van der Waals surface area (Å²) in [7, 11) is 0. The number of rotatable bonds is 3. The zero-order valence-electron chi connectivity index (χ0n) is 8.17. The Balaban J connectivity index is 1.91. The molecule has 2 unspecified atom stereocenters. The van der Waals surface area contributed by atoms with Crippen LogP contribution in [0.25, 0.3) is 0 Å². The Morgan fingerprint density at radius 3 is 2.67 bits per heavy atom. The molecular weight excluding hydrogens is 214 g/mol. The highest BCUT2D eigenvalue weighted by molar-refractivity contribution is 7.12. The molecule has 4 nitrogen and oxygen atoms in total. The second-order valence-corrected chi connectivity index (χ2v) is 4.68. The standard InChI is InChI=1S/C10H13NO3S/c12-7-4-11(5-8(7)13)6-9(14)10-2-1-3-15-10/h1-3,7-8,12-13H,4-6H2. The second-order valence-electron chi connectivity index (χ2n) is 3.73. The Bertz CT molecular complexity index is 328. The van der Waals surface area contributed by atoms with Crippen molar-refractivity contribution in [3.05, 3.63) is 22.4 Å². The summed E-state index contributed by atoms with van der Waals surface area (Å²) in [5.41, 5.74) is 0. The van der Waals surface area contributed by atoms with Crippen LogP contribution in [0.4, 0.5) is 0 Å². The molecular formula is C10H13NO3S. The van der Waals surface area contributed by atoms with E-state index in [0.29, 0.717) is 13.1 Å². The van der Waals surface area contributed by atoms with Crippen LogP contribution in [0, 0.1) is 0 Å². The first kappa shape index (κ1) is 10.8. The molecule has 0 aromatic carbocycles. The lowest BCUT2D eigenvalue weighted by atomic mass is 10.3. The minimum atomic E-state index is -0.721. The van der Waals surface area contributed by atoms with Crippen molar-refractivity contribution in [3.63, 3.8) is 0 Å². The van der Waals surface area contributed by atoms with Crippen molar-refractivity contribution in [2.24, 2.45) is 0 Å². The monoisotopic (exact) mass is 227 g/mol. The molecule has 1 aromatic heterocycles. The van der Waals surface area contributed by atoms with Gasteiger partial charge in [-0.3, -0.25) is 9.69 Å². The molecule has 0 spiro atoms. The molecule has 0 bridgehead atoms. The maximum Gasteiger partial charge on any atom is 0.186 e. The van der Waals surface area contributed by atoms with E-state index in [1.54, 1.807) is 11.0 Å². The van der Waals surface area contributed by atoms with Crippen LogP contribution in [0.5, 0.6) is 0 Å². The fourth-order valence-corrected chi connectivity index (χ4v) is 2.35. The van der Waals surface area contributed by atoms with Crippen LogP contribution in [0.3, 0.4) is 0 Å². The molecule has 15 heavy (non-hydrogen) atoms.